The molecule has 0 aromatic heterocycles. The third-order valence-corrected chi connectivity index (χ3v) is 13.4. The van der Waals surface area contributed by atoms with E-state index < -0.39 is 23.2 Å². The van der Waals surface area contributed by atoms with Gasteiger partial charge in [0.1, 0.15) is 6.10 Å². The second-order valence-electron chi connectivity index (χ2n) is 15.5. The highest BCUT2D eigenvalue weighted by molar-refractivity contribution is 5.91. The Hall–Kier alpha value is -1.91. The Labute approximate surface area is 248 Å². The molecule has 5 nitrogen and oxygen atoms in total. The number of phenolic OH excluding ortho intramolecular Hbond substituents is 3. The standard InChI is InChI=1S/C36H56O5/c1-7-23(21(2)3)9-8-22(4)28-12-13-29-27-11-10-25-20-26(14-16-35(25,5)30(27)15-17-36(28,29)6)41-34(40)24-18-31(37)33(39)32(38)19-24/h18-19,21-23,25-30,37-39H,7-17,20H2,1-6H3/t22-,23-,25+,26+,27+,28-,29+,30+,35+,36-/m1/s1. The second-order valence-corrected chi connectivity index (χ2v) is 15.5. The number of esters is 1. The summed E-state index contributed by atoms with van der Waals surface area (Å²) in [5, 5.41) is 29.3. The van der Waals surface area contributed by atoms with Gasteiger partial charge in [0.2, 0.25) is 0 Å². The van der Waals surface area contributed by atoms with E-state index in [-0.39, 0.29) is 11.7 Å². The van der Waals surface area contributed by atoms with Gasteiger partial charge in [-0.15, -0.1) is 0 Å². The van der Waals surface area contributed by atoms with E-state index in [9.17, 15) is 20.1 Å². The number of carbonyl (C=O) groups excluding carboxylic acids is 1. The summed E-state index contributed by atoms with van der Waals surface area (Å²) in [7, 11) is 0. The van der Waals surface area contributed by atoms with Crippen LogP contribution in [0.2, 0.25) is 0 Å². The molecule has 0 radical (unpaired) electrons. The van der Waals surface area contributed by atoms with Crippen LogP contribution in [0.4, 0.5) is 0 Å². The largest absolute Gasteiger partial charge is 0.504 e. The lowest BCUT2D eigenvalue weighted by atomic mass is 9.44. The van der Waals surface area contributed by atoms with Crippen LogP contribution in [0.25, 0.3) is 0 Å². The van der Waals surface area contributed by atoms with Crippen LogP contribution in [-0.4, -0.2) is 27.4 Å². The Balaban J connectivity index is 1.22. The summed E-state index contributed by atoms with van der Waals surface area (Å²) in [4.78, 5) is 12.9. The van der Waals surface area contributed by atoms with Crippen LogP contribution in [0.3, 0.4) is 0 Å². The summed E-state index contributed by atoms with van der Waals surface area (Å²) in [5.41, 5.74) is 0.885. The van der Waals surface area contributed by atoms with Crippen molar-refractivity contribution in [1.82, 2.24) is 0 Å². The van der Waals surface area contributed by atoms with Crippen LogP contribution in [0.5, 0.6) is 17.2 Å². The normalized spacial score (nSPS) is 38.0. The number of fused-ring (bicyclic) bond motifs is 5. The van der Waals surface area contributed by atoms with E-state index in [1.807, 2.05) is 0 Å². The SMILES string of the molecule is CC[C@H](CC[C@@H](C)[C@H]1CC[C@H]2[C@@H]3CC[C@H]4C[C@@H](OC(=O)c5cc(O)c(O)c(O)c5)CC[C@]4(C)[C@H]3CC[C@]12C)C(C)C. The molecular weight excluding hydrogens is 512 g/mol. The zero-order chi connectivity index (χ0) is 29.7. The summed E-state index contributed by atoms with van der Waals surface area (Å²) in [5.74, 6) is 4.21. The lowest BCUT2D eigenvalue weighted by Crippen LogP contribution is -2.54. The first-order valence-electron chi connectivity index (χ1n) is 16.8. The molecule has 10 atom stereocenters. The van der Waals surface area contributed by atoms with Gasteiger partial charge in [0.25, 0.3) is 0 Å². The summed E-state index contributed by atoms with van der Waals surface area (Å²) < 4.78 is 5.90. The zero-order valence-electron chi connectivity index (χ0n) is 26.5. The summed E-state index contributed by atoms with van der Waals surface area (Å²) in [6, 6.07) is 2.33. The fourth-order valence-electron chi connectivity index (χ4n) is 10.9. The minimum Gasteiger partial charge on any atom is -0.504 e. The number of rotatable bonds is 8. The lowest BCUT2D eigenvalue weighted by molar-refractivity contribution is -0.130. The van der Waals surface area contributed by atoms with Crippen molar-refractivity contribution in [2.75, 3.05) is 0 Å². The third kappa shape index (κ3) is 5.49. The second kappa shape index (κ2) is 11.6. The average Bonchev–Trinajstić information content (AvgIpc) is 3.29. The van der Waals surface area contributed by atoms with Crippen LogP contribution in [0, 0.1) is 58.2 Å². The first kappa shape index (κ1) is 30.5. The van der Waals surface area contributed by atoms with E-state index in [1.165, 1.54) is 57.8 Å². The Morgan fingerprint density at radius 2 is 1.56 bits per heavy atom. The fraction of sp³-hybridized carbons (Fsp3) is 0.806. The van der Waals surface area contributed by atoms with E-state index in [4.69, 9.17) is 4.74 Å². The molecule has 5 heteroatoms. The fourth-order valence-corrected chi connectivity index (χ4v) is 10.9. The summed E-state index contributed by atoms with van der Waals surface area (Å²) in [6.07, 6.45) is 14.9. The third-order valence-electron chi connectivity index (χ3n) is 13.4. The molecular formula is C36H56O5. The first-order chi connectivity index (χ1) is 19.4. The topological polar surface area (TPSA) is 87.0 Å². The van der Waals surface area contributed by atoms with Gasteiger partial charge < -0.3 is 20.1 Å². The molecule has 0 spiro atoms. The van der Waals surface area contributed by atoms with Gasteiger partial charge >= 0.3 is 5.97 Å². The maximum absolute atomic E-state index is 12.9. The van der Waals surface area contributed by atoms with E-state index in [2.05, 4.69) is 41.5 Å². The van der Waals surface area contributed by atoms with Gasteiger partial charge in [-0.05, 0) is 135 Å². The number of phenols is 3. The average molecular weight is 569 g/mol. The first-order valence-corrected chi connectivity index (χ1v) is 16.8. The molecule has 5 rings (SSSR count). The Morgan fingerprint density at radius 1 is 0.902 bits per heavy atom. The summed E-state index contributed by atoms with van der Waals surface area (Å²) in [6.45, 7) is 15.0. The quantitative estimate of drug-likeness (QED) is 0.215. The number of hydrogen-bond donors (Lipinski definition) is 3. The number of benzene rings is 1. The molecule has 0 saturated heterocycles. The number of hydrogen-bond acceptors (Lipinski definition) is 5. The van der Waals surface area contributed by atoms with Gasteiger partial charge in [0.15, 0.2) is 17.2 Å². The van der Waals surface area contributed by atoms with Crippen LogP contribution < -0.4 is 0 Å². The van der Waals surface area contributed by atoms with Crippen molar-refractivity contribution >= 4 is 5.97 Å². The highest BCUT2D eigenvalue weighted by Crippen LogP contribution is 2.68. The van der Waals surface area contributed by atoms with Gasteiger partial charge in [-0.2, -0.15) is 0 Å². The predicted molar refractivity (Wildman–Crippen MR) is 163 cm³/mol. The highest BCUT2D eigenvalue weighted by Gasteiger charge is 2.60. The smallest absolute Gasteiger partial charge is 0.338 e. The van der Waals surface area contributed by atoms with E-state index in [0.29, 0.717) is 16.7 Å². The molecule has 4 fully saturated rings. The Morgan fingerprint density at radius 3 is 2.22 bits per heavy atom. The molecule has 4 aliphatic carbocycles. The van der Waals surface area contributed by atoms with Crippen molar-refractivity contribution in [3.05, 3.63) is 17.7 Å². The van der Waals surface area contributed by atoms with Crippen molar-refractivity contribution in [2.24, 2.45) is 58.2 Å². The van der Waals surface area contributed by atoms with Crippen LogP contribution in [-0.2, 0) is 4.74 Å². The van der Waals surface area contributed by atoms with Gasteiger partial charge in [-0.1, -0.05) is 54.4 Å². The zero-order valence-corrected chi connectivity index (χ0v) is 26.5. The molecule has 4 saturated carbocycles. The van der Waals surface area contributed by atoms with Gasteiger partial charge in [0.05, 0.1) is 5.56 Å². The minimum atomic E-state index is -0.616. The van der Waals surface area contributed by atoms with Crippen molar-refractivity contribution in [2.45, 2.75) is 125 Å². The molecule has 1 aromatic carbocycles. The molecule has 0 heterocycles. The van der Waals surface area contributed by atoms with Crippen LogP contribution >= 0.6 is 0 Å². The highest BCUT2D eigenvalue weighted by atomic mass is 16.5. The van der Waals surface area contributed by atoms with Crippen molar-refractivity contribution < 1.29 is 24.9 Å². The maximum atomic E-state index is 12.9. The molecule has 0 amide bonds. The lowest BCUT2D eigenvalue weighted by Gasteiger charge is -2.61. The minimum absolute atomic E-state index is 0.0702. The maximum Gasteiger partial charge on any atom is 0.338 e. The van der Waals surface area contributed by atoms with Crippen LogP contribution in [0.1, 0.15) is 129 Å². The van der Waals surface area contributed by atoms with Gasteiger partial charge in [-0.25, -0.2) is 4.79 Å². The molecule has 0 bridgehead atoms. The molecule has 3 N–H and O–H groups in total. The van der Waals surface area contributed by atoms with Gasteiger partial charge in [0, 0.05) is 0 Å². The molecule has 0 unspecified atom stereocenters. The predicted octanol–water partition coefficient (Wildman–Crippen LogP) is 9.09. The van der Waals surface area contributed by atoms with E-state index in [1.54, 1.807) is 0 Å². The van der Waals surface area contributed by atoms with Crippen molar-refractivity contribution in [3.63, 3.8) is 0 Å². The molecule has 230 valence electrons. The Bertz CT molecular complexity index is 1070. The van der Waals surface area contributed by atoms with Crippen LogP contribution in [0.15, 0.2) is 12.1 Å². The Kier molecular flexibility index (Phi) is 8.67. The number of aromatic hydroxyl groups is 3. The molecule has 41 heavy (non-hydrogen) atoms. The number of carbonyl (C=O) groups is 1. The monoisotopic (exact) mass is 568 g/mol. The molecule has 0 aliphatic heterocycles. The van der Waals surface area contributed by atoms with E-state index >= 15 is 0 Å². The van der Waals surface area contributed by atoms with E-state index in [0.717, 1.165) is 72.8 Å². The molecule has 4 aliphatic rings. The number of ether oxygens (including phenoxy) is 1. The van der Waals surface area contributed by atoms with Crippen molar-refractivity contribution in [3.8, 4) is 17.2 Å². The summed E-state index contributed by atoms with van der Waals surface area (Å²) >= 11 is 0. The van der Waals surface area contributed by atoms with Crippen molar-refractivity contribution in [1.29, 1.82) is 0 Å². The molecule has 1 aromatic rings. The van der Waals surface area contributed by atoms with Gasteiger partial charge in [-0.3, -0.25) is 0 Å².